The molecule has 4 rings (SSSR count). The molecular weight excluding hydrogens is 360 g/mol. The molecule has 4 saturated carbocycles. The lowest BCUT2D eigenvalue weighted by molar-refractivity contribution is -0.140. The van der Waals surface area contributed by atoms with Crippen molar-refractivity contribution in [3.8, 4) is 0 Å². The van der Waals surface area contributed by atoms with E-state index in [-0.39, 0.29) is 17.4 Å². The molecule has 168 valence electrons. The van der Waals surface area contributed by atoms with Gasteiger partial charge in [0.1, 0.15) is 0 Å². The molecule has 0 aromatic carbocycles. The molecule has 0 heterocycles. The van der Waals surface area contributed by atoms with Gasteiger partial charge in [-0.05, 0) is 117 Å². The Kier molecular flexibility index (Phi) is 6.17. The molecule has 10 atom stereocenters. The average Bonchev–Trinajstić information content (AvgIpc) is 3.03. The van der Waals surface area contributed by atoms with Gasteiger partial charge in [0.2, 0.25) is 0 Å². The minimum atomic E-state index is -0.566. The largest absolute Gasteiger partial charge is 0.393 e. The monoisotopic (exact) mass is 406 g/mol. The van der Waals surface area contributed by atoms with Crippen LogP contribution in [-0.4, -0.2) is 33.6 Å². The third-order valence-electron chi connectivity index (χ3n) is 10.6. The lowest BCUT2D eigenvalue weighted by Gasteiger charge is -2.61. The van der Waals surface area contributed by atoms with Crippen LogP contribution in [0.1, 0.15) is 98.3 Å². The van der Waals surface area contributed by atoms with Gasteiger partial charge in [-0.2, -0.15) is 0 Å². The lowest BCUT2D eigenvalue weighted by atomic mass is 9.44. The van der Waals surface area contributed by atoms with Gasteiger partial charge in [0, 0.05) is 0 Å². The Balaban J connectivity index is 1.48. The zero-order valence-electron chi connectivity index (χ0n) is 19.3. The van der Waals surface area contributed by atoms with Crippen molar-refractivity contribution in [2.45, 2.75) is 117 Å². The second-order valence-electron chi connectivity index (χ2n) is 12.3. The topological polar surface area (TPSA) is 60.7 Å². The highest BCUT2D eigenvalue weighted by Crippen LogP contribution is 2.67. The van der Waals surface area contributed by atoms with E-state index in [2.05, 4.69) is 27.7 Å². The highest BCUT2D eigenvalue weighted by atomic mass is 16.3. The summed E-state index contributed by atoms with van der Waals surface area (Å²) in [6, 6.07) is 0. The van der Waals surface area contributed by atoms with Crippen LogP contribution in [-0.2, 0) is 0 Å². The molecule has 4 aliphatic rings. The summed E-state index contributed by atoms with van der Waals surface area (Å²) >= 11 is 0. The summed E-state index contributed by atoms with van der Waals surface area (Å²) < 4.78 is 0. The number of aliphatic hydroxyl groups excluding tert-OH is 3. The quantitative estimate of drug-likeness (QED) is 0.591. The maximum Gasteiger partial charge on any atom is 0.0832 e. The van der Waals surface area contributed by atoms with E-state index in [4.69, 9.17) is 0 Å². The molecule has 0 radical (unpaired) electrons. The third-order valence-corrected chi connectivity index (χ3v) is 10.6. The minimum absolute atomic E-state index is 0.0724. The standard InChI is InChI=1S/C26H46O3/c1-16(2)5-10-23(28)24(29)22-9-8-20-19-7-6-17-15-18(27)11-13-25(17,3)21(19)12-14-26(20,22)4/h16-24,27-29H,5-15H2,1-4H3/t17-,18-,19-,20-,21-,22+,23-,24-,25-,26-/m0/s1. The predicted octanol–water partition coefficient (Wildman–Crippen LogP) is 5.16. The fraction of sp³-hybridized carbons (Fsp3) is 1.00. The van der Waals surface area contributed by atoms with E-state index in [9.17, 15) is 15.3 Å². The lowest BCUT2D eigenvalue weighted by Crippen LogP contribution is -2.55. The van der Waals surface area contributed by atoms with E-state index < -0.39 is 12.2 Å². The van der Waals surface area contributed by atoms with Gasteiger partial charge < -0.3 is 15.3 Å². The van der Waals surface area contributed by atoms with Gasteiger partial charge >= 0.3 is 0 Å². The number of fused-ring (bicyclic) bond motifs is 5. The number of hydrogen-bond donors (Lipinski definition) is 3. The second-order valence-corrected chi connectivity index (χ2v) is 12.3. The van der Waals surface area contributed by atoms with Crippen LogP contribution in [0.25, 0.3) is 0 Å². The van der Waals surface area contributed by atoms with E-state index in [0.717, 1.165) is 43.9 Å². The summed E-state index contributed by atoms with van der Waals surface area (Å²) in [5.41, 5.74) is 0.605. The van der Waals surface area contributed by atoms with Crippen LogP contribution in [0.5, 0.6) is 0 Å². The first-order valence-corrected chi connectivity index (χ1v) is 12.7. The fourth-order valence-electron chi connectivity index (χ4n) is 8.78. The molecule has 0 spiro atoms. The highest BCUT2D eigenvalue weighted by molar-refractivity contribution is 5.10. The molecule has 0 aliphatic heterocycles. The maximum atomic E-state index is 11.1. The van der Waals surface area contributed by atoms with Crippen LogP contribution < -0.4 is 0 Å². The first kappa shape index (κ1) is 22.1. The van der Waals surface area contributed by atoms with Crippen molar-refractivity contribution in [1.82, 2.24) is 0 Å². The smallest absolute Gasteiger partial charge is 0.0832 e. The summed E-state index contributed by atoms with van der Waals surface area (Å²) in [5.74, 6) is 3.84. The van der Waals surface area contributed by atoms with Crippen molar-refractivity contribution in [1.29, 1.82) is 0 Å². The van der Waals surface area contributed by atoms with E-state index >= 15 is 0 Å². The molecule has 4 aliphatic carbocycles. The SMILES string of the molecule is CC(C)CC[C@H](O)[C@@H](O)[C@H]1CC[C@H]2[C@@H]3CC[C@H]4C[C@@H](O)CC[C@]4(C)[C@H]3CC[C@]12C. The molecule has 0 saturated heterocycles. The first-order valence-electron chi connectivity index (χ1n) is 12.7. The number of aliphatic hydroxyl groups is 3. The zero-order valence-corrected chi connectivity index (χ0v) is 19.3. The zero-order chi connectivity index (χ0) is 21.0. The van der Waals surface area contributed by atoms with Crippen LogP contribution in [0.3, 0.4) is 0 Å². The van der Waals surface area contributed by atoms with Crippen molar-refractivity contribution < 1.29 is 15.3 Å². The molecule has 0 aromatic heterocycles. The molecular formula is C26H46O3. The van der Waals surface area contributed by atoms with Crippen molar-refractivity contribution in [3.63, 3.8) is 0 Å². The predicted molar refractivity (Wildman–Crippen MR) is 117 cm³/mol. The number of hydrogen-bond acceptors (Lipinski definition) is 3. The van der Waals surface area contributed by atoms with Crippen LogP contribution in [0.15, 0.2) is 0 Å². The van der Waals surface area contributed by atoms with E-state index in [0.29, 0.717) is 23.2 Å². The Morgan fingerprint density at radius 1 is 0.828 bits per heavy atom. The van der Waals surface area contributed by atoms with Crippen LogP contribution in [0.4, 0.5) is 0 Å². The van der Waals surface area contributed by atoms with Gasteiger partial charge in [0.05, 0.1) is 18.3 Å². The average molecular weight is 407 g/mol. The van der Waals surface area contributed by atoms with Gasteiger partial charge in [0.15, 0.2) is 0 Å². The molecule has 0 bridgehead atoms. The van der Waals surface area contributed by atoms with E-state index in [1.807, 2.05) is 0 Å². The molecule has 0 aromatic rings. The summed E-state index contributed by atoms with van der Waals surface area (Å²) in [6.45, 7) is 9.37. The highest BCUT2D eigenvalue weighted by Gasteiger charge is 2.61. The van der Waals surface area contributed by atoms with E-state index in [1.165, 1.54) is 38.5 Å². The van der Waals surface area contributed by atoms with Crippen LogP contribution in [0.2, 0.25) is 0 Å². The Morgan fingerprint density at radius 2 is 1.52 bits per heavy atom. The maximum absolute atomic E-state index is 11.1. The van der Waals surface area contributed by atoms with Crippen LogP contribution >= 0.6 is 0 Å². The first-order chi connectivity index (χ1) is 13.7. The van der Waals surface area contributed by atoms with Gasteiger partial charge in [-0.25, -0.2) is 0 Å². The van der Waals surface area contributed by atoms with Gasteiger partial charge in [-0.3, -0.25) is 0 Å². The molecule has 0 unspecified atom stereocenters. The Labute approximate surface area is 178 Å². The molecule has 4 fully saturated rings. The van der Waals surface area contributed by atoms with Crippen molar-refractivity contribution in [2.24, 2.45) is 46.3 Å². The molecule has 0 amide bonds. The normalized spacial score (nSPS) is 49.2. The second kappa shape index (κ2) is 8.10. The van der Waals surface area contributed by atoms with Crippen molar-refractivity contribution >= 4 is 0 Å². The van der Waals surface area contributed by atoms with Crippen molar-refractivity contribution in [2.75, 3.05) is 0 Å². The molecule has 29 heavy (non-hydrogen) atoms. The van der Waals surface area contributed by atoms with Crippen molar-refractivity contribution in [3.05, 3.63) is 0 Å². The third kappa shape index (κ3) is 3.72. The Bertz CT molecular complexity index is 576. The number of rotatable bonds is 5. The minimum Gasteiger partial charge on any atom is -0.393 e. The molecule has 3 N–H and O–H groups in total. The van der Waals surface area contributed by atoms with Gasteiger partial charge in [-0.15, -0.1) is 0 Å². The summed E-state index contributed by atoms with van der Waals surface area (Å²) in [4.78, 5) is 0. The summed E-state index contributed by atoms with van der Waals surface area (Å²) in [5, 5.41) is 32.1. The Morgan fingerprint density at radius 3 is 2.24 bits per heavy atom. The van der Waals surface area contributed by atoms with E-state index in [1.54, 1.807) is 0 Å². The summed E-state index contributed by atoms with van der Waals surface area (Å²) in [7, 11) is 0. The van der Waals surface area contributed by atoms with Crippen LogP contribution in [0, 0.1) is 46.3 Å². The van der Waals surface area contributed by atoms with Gasteiger partial charge in [-0.1, -0.05) is 27.7 Å². The van der Waals surface area contributed by atoms with Gasteiger partial charge in [0.25, 0.3) is 0 Å². The molecule has 3 heteroatoms. The Hall–Kier alpha value is -0.120. The fourth-order valence-corrected chi connectivity index (χ4v) is 8.78. The summed E-state index contributed by atoms with van der Waals surface area (Å²) in [6.07, 6.45) is 11.1. The molecule has 3 nitrogen and oxygen atoms in total.